The van der Waals surface area contributed by atoms with Gasteiger partial charge in [0.1, 0.15) is 12.9 Å². The summed E-state index contributed by atoms with van der Waals surface area (Å²) in [6, 6.07) is 10.1. The molecule has 0 aliphatic rings. The summed E-state index contributed by atoms with van der Waals surface area (Å²) in [5.41, 5.74) is 1.91. The second-order valence-corrected chi connectivity index (χ2v) is 3.88. The fourth-order valence-corrected chi connectivity index (χ4v) is 1.49. The maximum Gasteiger partial charge on any atom is 0.336 e. The summed E-state index contributed by atoms with van der Waals surface area (Å²) >= 11 is 0. The first-order valence-electron chi connectivity index (χ1n) is 5.70. The molecule has 0 saturated heterocycles. The van der Waals surface area contributed by atoms with Crippen molar-refractivity contribution in [3.63, 3.8) is 0 Å². The van der Waals surface area contributed by atoms with Crippen LogP contribution in [0, 0.1) is 0 Å². The Balaban J connectivity index is 1.97. The molecule has 18 heavy (non-hydrogen) atoms. The van der Waals surface area contributed by atoms with E-state index in [1.165, 1.54) is 0 Å². The number of nitrogens with one attached hydrogen (secondary N) is 1. The summed E-state index contributed by atoms with van der Waals surface area (Å²) in [6.45, 7) is 5.01. The van der Waals surface area contributed by atoms with Gasteiger partial charge in [-0.05, 0) is 24.8 Å². The smallest absolute Gasteiger partial charge is 0.336 e. The van der Waals surface area contributed by atoms with Crippen molar-refractivity contribution in [3.8, 4) is 11.7 Å². The molecular formula is C13H16N4O. The zero-order chi connectivity index (χ0) is 12.8. The lowest BCUT2D eigenvalue weighted by Crippen LogP contribution is -2.15. The average molecular weight is 244 g/mol. The van der Waals surface area contributed by atoms with E-state index in [2.05, 4.69) is 22.0 Å². The van der Waals surface area contributed by atoms with Gasteiger partial charge in [-0.15, -0.1) is 5.10 Å². The van der Waals surface area contributed by atoms with E-state index in [1.807, 2.05) is 37.4 Å². The Labute approximate surface area is 106 Å². The van der Waals surface area contributed by atoms with Gasteiger partial charge in [0.2, 0.25) is 0 Å². The van der Waals surface area contributed by atoms with Gasteiger partial charge in [0.15, 0.2) is 0 Å². The monoisotopic (exact) mass is 244 g/mol. The number of hydrogen-bond donors (Lipinski definition) is 1. The van der Waals surface area contributed by atoms with Crippen molar-refractivity contribution in [1.29, 1.82) is 0 Å². The lowest BCUT2D eigenvalue weighted by molar-refractivity contribution is 0.321. The van der Waals surface area contributed by atoms with E-state index in [9.17, 15) is 0 Å². The predicted octanol–water partition coefficient (Wildman–Crippen LogP) is 1.42. The van der Waals surface area contributed by atoms with E-state index in [0.717, 1.165) is 17.8 Å². The van der Waals surface area contributed by atoms with Gasteiger partial charge in [-0.3, -0.25) is 0 Å². The third kappa shape index (κ3) is 3.18. The SMILES string of the molecule is C=C(CNC)COc1ncn(-c2ccccc2)n1. The zero-order valence-electron chi connectivity index (χ0n) is 10.3. The van der Waals surface area contributed by atoms with Gasteiger partial charge in [0.05, 0.1) is 5.69 Å². The molecular weight excluding hydrogens is 228 g/mol. The number of aromatic nitrogens is 3. The Morgan fingerprint density at radius 1 is 1.39 bits per heavy atom. The fraction of sp³-hybridized carbons (Fsp3) is 0.231. The summed E-state index contributed by atoms with van der Waals surface area (Å²) in [5.74, 6) is 0. The van der Waals surface area contributed by atoms with Gasteiger partial charge in [-0.25, -0.2) is 4.68 Å². The molecule has 0 aliphatic heterocycles. The third-order valence-corrected chi connectivity index (χ3v) is 2.32. The number of benzene rings is 1. The molecule has 1 aromatic carbocycles. The van der Waals surface area contributed by atoms with E-state index in [4.69, 9.17) is 4.74 Å². The minimum atomic E-state index is 0.358. The number of rotatable bonds is 6. The highest BCUT2D eigenvalue weighted by Crippen LogP contribution is 2.08. The molecule has 2 aromatic rings. The Morgan fingerprint density at radius 3 is 2.89 bits per heavy atom. The minimum absolute atomic E-state index is 0.358. The minimum Gasteiger partial charge on any atom is -0.458 e. The van der Waals surface area contributed by atoms with Crippen molar-refractivity contribution >= 4 is 0 Å². The highest BCUT2D eigenvalue weighted by Gasteiger charge is 2.03. The molecule has 0 radical (unpaired) electrons. The Morgan fingerprint density at radius 2 is 2.17 bits per heavy atom. The number of nitrogens with zero attached hydrogens (tertiary/aromatic N) is 3. The van der Waals surface area contributed by atoms with Crippen LogP contribution in [-0.2, 0) is 0 Å². The van der Waals surface area contributed by atoms with Gasteiger partial charge < -0.3 is 10.1 Å². The summed E-state index contributed by atoms with van der Waals surface area (Å²) in [7, 11) is 1.87. The van der Waals surface area contributed by atoms with E-state index in [-0.39, 0.29) is 0 Å². The Hall–Kier alpha value is -2.14. The average Bonchev–Trinajstić information content (AvgIpc) is 2.87. The van der Waals surface area contributed by atoms with Gasteiger partial charge in [0.25, 0.3) is 0 Å². The molecule has 1 N–H and O–H groups in total. The van der Waals surface area contributed by atoms with Crippen molar-refractivity contribution in [3.05, 3.63) is 48.8 Å². The van der Waals surface area contributed by atoms with Crippen LogP contribution in [0.1, 0.15) is 0 Å². The first-order chi connectivity index (χ1) is 8.79. The quantitative estimate of drug-likeness (QED) is 0.781. The fourth-order valence-electron chi connectivity index (χ4n) is 1.49. The molecule has 0 saturated carbocycles. The van der Waals surface area contributed by atoms with Crippen molar-refractivity contribution < 1.29 is 4.74 Å². The second kappa shape index (κ2) is 5.97. The van der Waals surface area contributed by atoms with Crippen LogP contribution < -0.4 is 10.1 Å². The highest BCUT2D eigenvalue weighted by molar-refractivity contribution is 5.29. The standard InChI is InChI=1S/C13H16N4O/c1-11(8-14-2)9-18-13-15-10-17(16-13)12-6-4-3-5-7-12/h3-7,10,14H,1,8-9H2,2H3. The largest absolute Gasteiger partial charge is 0.458 e. The second-order valence-electron chi connectivity index (χ2n) is 3.88. The Kier molecular flexibility index (Phi) is 4.09. The van der Waals surface area contributed by atoms with Crippen molar-refractivity contribution in [2.24, 2.45) is 0 Å². The van der Waals surface area contributed by atoms with Crippen LogP contribution in [-0.4, -0.2) is 35.0 Å². The third-order valence-electron chi connectivity index (χ3n) is 2.32. The molecule has 0 fully saturated rings. The van der Waals surface area contributed by atoms with Crippen LogP contribution in [0.25, 0.3) is 5.69 Å². The molecule has 5 nitrogen and oxygen atoms in total. The van der Waals surface area contributed by atoms with Crippen molar-refractivity contribution in [2.45, 2.75) is 0 Å². The topological polar surface area (TPSA) is 52.0 Å². The number of likely N-dealkylation sites (N-methyl/N-ethyl adjacent to an activating group) is 1. The lowest BCUT2D eigenvalue weighted by atomic mass is 10.3. The van der Waals surface area contributed by atoms with Gasteiger partial charge in [-0.1, -0.05) is 24.8 Å². The first kappa shape index (κ1) is 12.3. The summed E-state index contributed by atoms with van der Waals surface area (Å²) in [6.07, 6.45) is 1.63. The molecule has 1 heterocycles. The number of para-hydroxylation sites is 1. The maximum absolute atomic E-state index is 5.44. The molecule has 1 aromatic heterocycles. The van der Waals surface area contributed by atoms with E-state index < -0.39 is 0 Å². The molecule has 5 heteroatoms. The Bertz CT molecular complexity index is 507. The number of hydrogen-bond acceptors (Lipinski definition) is 4. The van der Waals surface area contributed by atoms with Crippen molar-refractivity contribution in [2.75, 3.05) is 20.2 Å². The highest BCUT2D eigenvalue weighted by atomic mass is 16.5. The zero-order valence-corrected chi connectivity index (χ0v) is 10.3. The lowest BCUT2D eigenvalue weighted by Gasteiger charge is -2.04. The molecule has 94 valence electrons. The summed E-state index contributed by atoms with van der Waals surface area (Å²) in [4.78, 5) is 4.09. The van der Waals surface area contributed by atoms with E-state index >= 15 is 0 Å². The molecule has 0 aliphatic carbocycles. The van der Waals surface area contributed by atoms with E-state index in [0.29, 0.717) is 12.6 Å². The van der Waals surface area contributed by atoms with Crippen molar-refractivity contribution in [1.82, 2.24) is 20.1 Å². The van der Waals surface area contributed by atoms with Crippen LogP contribution in [0.2, 0.25) is 0 Å². The number of ether oxygens (including phenoxy) is 1. The van der Waals surface area contributed by atoms with Crippen LogP contribution in [0.3, 0.4) is 0 Å². The molecule has 2 rings (SSSR count). The summed E-state index contributed by atoms with van der Waals surface area (Å²) < 4.78 is 7.12. The van der Waals surface area contributed by atoms with Gasteiger partial charge in [0, 0.05) is 6.54 Å². The predicted molar refractivity (Wildman–Crippen MR) is 69.9 cm³/mol. The first-order valence-corrected chi connectivity index (χ1v) is 5.70. The maximum atomic E-state index is 5.44. The normalized spacial score (nSPS) is 10.3. The molecule has 0 unspecified atom stereocenters. The van der Waals surface area contributed by atoms with Crippen LogP contribution >= 0.6 is 0 Å². The van der Waals surface area contributed by atoms with Crippen LogP contribution in [0.15, 0.2) is 48.8 Å². The van der Waals surface area contributed by atoms with Gasteiger partial charge >= 0.3 is 6.01 Å². The molecule has 0 spiro atoms. The van der Waals surface area contributed by atoms with Crippen LogP contribution in [0.4, 0.5) is 0 Å². The molecule has 0 amide bonds. The summed E-state index contributed by atoms with van der Waals surface area (Å²) in [5, 5.41) is 7.24. The van der Waals surface area contributed by atoms with Crippen LogP contribution in [0.5, 0.6) is 6.01 Å². The van der Waals surface area contributed by atoms with Gasteiger partial charge in [-0.2, -0.15) is 4.98 Å². The van der Waals surface area contributed by atoms with E-state index in [1.54, 1.807) is 11.0 Å². The molecule has 0 atom stereocenters. The molecule has 0 bridgehead atoms.